The van der Waals surface area contributed by atoms with Crippen molar-refractivity contribution in [3.63, 3.8) is 0 Å². The fourth-order valence-corrected chi connectivity index (χ4v) is 3.99. The molecule has 0 aliphatic carbocycles. The van der Waals surface area contributed by atoms with Gasteiger partial charge in [-0.3, -0.25) is 9.59 Å². The van der Waals surface area contributed by atoms with E-state index in [1.165, 1.54) is 16.9 Å². The summed E-state index contributed by atoms with van der Waals surface area (Å²) in [5.74, 6) is 0.517. The fourth-order valence-electron chi connectivity index (χ4n) is 3.38. The van der Waals surface area contributed by atoms with Crippen molar-refractivity contribution in [2.24, 2.45) is 0 Å². The molecule has 29 heavy (non-hydrogen) atoms. The molecule has 0 spiro atoms. The number of nitrogens with zero attached hydrogens (tertiary/aromatic N) is 1. The second kappa shape index (κ2) is 8.49. The number of nitrogens with one attached hydrogen (secondary N) is 1. The van der Waals surface area contributed by atoms with Crippen molar-refractivity contribution in [1.82, 2.24) is 4.90 Å². The van der Waals surface area contributed by atoms with Gasteiger partial charge in [-0.2, -0.15) is 0 Å². The van der Waals surface area contributed by atoms with E-state index < -0.39 is 6.10 Å². The minimum absolute atomic E-state index is 0.0266. The van der Waals surface area contributed by atoms with Gasteiger partial charge in [0.25, 0.3) is 11.8 Å². The normalized spacial score (nSPS) is 16.0. The number of rotatable bonds is 5. The summed E-state index contributed by atoms with van der Waals surface area (Å²) in [7, 11) is 0. The van der Waals surface area contributed by atoms with E-state index in [9.17, 15) is 9.59 Å². The van der Waals surface area contributed by atoms with Crippen molar-refractivity contribution in [2.45, 2.75) is 26.0 Å². The van der Waals surface area contributed by atoms with Crippen LogP contribution in [0.5, 0.6) is 5.75 Å². The maximum atomic E-state index is 12.8. The highest BCUT2D eigenvalue weighted by Gasteiger charge is 2.27. The number of anilines is 1. The van der Waals surface area contributed by atoms with Crippen molar-refractivity contribution in [2.75, 3.05) is 11.9 Å². The maximum absolute atomic E-state index is 12.8. The molecule has 1 aliphatic rings. The third-order valence-electron chi connectivity index (χ3n) is 4.90. The van der Waals surface area contributed by atoms with Crippen LogP contribution in [-0.2, 0) is 17.8 Å². The van der Waals surface area contributed by atoms with Gasteiger partial charge in [-0.1, -0.05) is 36.4 Å². The number of benzene rings is 2. The zero-order chi connectivity index (χ0) is 20.2. The van der Waals surface area contributed by atoms with Crippen LogP contribution in [0.15, 0.2) is 66.0 Å². The van der Waals surface area contributed by atoms with Gasteiger partial charge in [0.05, 0.1) is 4.88 Å². The Balaban J connectivity index is 1.52. The van der Waals surface area contributed by atoms with E-state index in [-0.39, 0.29) is 11.8 Å². The van der Waals surface area contributed by atoms with Crippen LogP contribution in [0.4, 0.5) is 5.69 Å². The highest BCUT2D eigenvalue weighted by atomic mass is 32.1. The Bertz CT molecular complexity index is 1000. The van der Waals surface area contributed by atoms with Gasteiger partial charge in [-0.25, -0.2) is 0 Å². The summed E-state index contributed by atoms with van der Waals surface area (Å²) in [4.78, 5) is 27.6. The number of ether oxygens (including phenoxy) is 1. The van der Waals surface area contributed by atoms with Crippen molar-refractivity contribution in [1.29, 1.82) is 0 Å². The molecule has 0 saturated carbocycles. The van der Waals surface area contributed by atoms with Crippen molar-refractivity contribution in [3.8, 4) is 5.75 Å². The lowest BCUT2D eigenvalue weighted by Crippen LogP contribution is -2.39. The van der Waals surface area contributed by atoms with Crippen molar-refractivity contribution in [3.05, 3.63) is 82.0 Å². The third-order valence-corrected chi connectivity index (χ3v) is 5.77. The molecule has 0 fully saturated rings. The Morgan fingerprint density at radius 1 is 1.17 bits per heavy atom. The zero-order valence-electron chi connectivity index (χ0n) is 16.1. The minimum atomic E-state index is -0.543. The lowest BCUT2D eigenvalue weighted by molar-refractivity contribution is -0.137. The van der Waals surface area contributed by atoms with Crippen molar-refractivity contribution < 1.29 is 14.3 Å². The van der Waals surface area contributed by atoms with Crippen LogP contribution in [0.3, 0.4) is 0 Å². The Morgan fingerprint density at radius 2 is 2.00 bits per heavy atom. The molecule has 1 atom stereocenters. The van der Waals surface area contributed by atoms with Gasteiger partial charge in [0.2, 0.25) is 0 Å². The second-order valence-corrected chi connectivity index (χ2v) is 7.96. The van der Waals surface area contributed by atoms with Crippen LogP contribution in [0.25, 0.3) is 0 Å². The maximum Gasteiger partial charge on any atom is 0.265 e. The topological polar surface area (TPSA) is 58.6 Å². The van der Waals surface area contributed by atoms with Crippen molar-refractivity contribution >= 4 is 28.8 Å². The number of fused-ring (bicyclic) bond motifs is 1. The molecule has 3 aromatic rings. The fraction of sp³-hybridized carbons (Fsp3) is 0.217. The molecule has 4 rings (SSSR count). The number of hydrogen-bond donors (Lipinski definition) is 1. The van der Waals surface area contributed by atoms with Gasteiger partial charge >= 0.3 is 0 Å². The average molecular weight is 407 g/mol. The standard InChI is InChI=1S/C23H22N2O3S/c1-16-23(27)25(12-11-17-6-3-2-4-7-17)15-18-14-19(9-10-20(18)28-16)24-22(26)21-8-5-13-29-21/h2-10,13-14,16H,11-12,15H2,1H3,(H,24,26). The summed E-state index contributed by atoms with van der Waals surface area (Å²) in [6.45, 7) is 2.84. The van der Waals surface area contributed by atoms with E-state index in [4.69, 9.17) is 4.74 Å². The lowest BCUT2D eigenvalue weighted by atomic mass is 10.1. The predicted molar refractivity (Wildman–Crippen MR) is 114 cm³/mol. The molecule has 1 aromatic heterocycles. The highest BCUT2D eigenvalue weighted by Crippen LogP contribution is 2.29. The molecule has 2 aromatic carbocycles. The highest BCUT2D eigenvalue weighted by molar-refractivity contribution is 7.12. The van der Waals surface area contributed by atoms with Crippen LogP contribution in [0.1, 0.15) is 27.7 Å². The molecule has 148 valence electrons. The van der Waals surface area contributed by atoms with E-state index in [1.807, 2.05) is 46.7 Å². The molecule has 1 aliphatic heterocycles. The van der Waals surface area contributed by atoms with Gasteiger partial charge in [0.1, 0.15) is 5.75 Å². The third kappa shape index (κ3) is 4.49. The second-order valence-electron chi connectivity index (χ2n) is 7.01. The summed E-state index contributed by atoms with van der Waals surface area (Å²) < 4.78 is 5.88. The number of thiophene rings is 1. The monoisotopic (exact) mass is 406 g/mol. The van der Waals surface area contributed by atoms with Crippen LogP contribution >= 0.6 is 11.3 Å². The first kappa shape index (κ1) is 19.2. The van der Waals surface area contributed by atoms with Crippen LogP contribution in [0.2, 0.25) is 0 Å². The molecule has 1 N–H and O–H groups in total. The SMILES string of the molecule is CC1Oc2ccc(NC(=O)c3cccs3)cc2CN(CCc2ccccc2)C1=O. The molecule has 0 radical (unpaired) electrons. The number of amides is 2. The van der Waals surface area contributed by atoms with E-state index >= 15 is 0 Å². The summed E-state index contributed by atoms with van der Waals surface area (Å²) >= 11 is 1.40. The Hall–Kier alpha value is -3.12. The van der Waals surface area contributed by atoms with Gasteiger partial charge in [-0.05, 0) is 48.6 Å². The Morgan fingerprint density at radius 3 is 2.76 bits per heavy atom. The summed E-state index contributed by atoms with van der Waals surface area (Å²) in [5, 5.41) is 4.79. The molecular weight excluding hydrogens is 384 g/mol. The molecular formula is C23H22N2O3S. The Labute approximate surface area is 173 Å². The van der Waals surface area contributed by atoms with Crippen LogP contribution in [-0.4, -0.2) is 29.4 Å². The van der Waals surface area contributed by atoms with Gasteiger partial charge in [0, 0.05) is 24.3 Å². The smallest absolute Gasteiger partial charge is 0.265 e. The van der Waals surface area contributed by atoms with Gasteiger partial charge in [-0.15, -0.1) is 11.3 Å². The first-order chi connectivity index (χ1) is 14.1. The lowest BCUT2D eigenvalue weighted by Gasteiger charge is -2.22. The first-order valence-electron chi connectivity index (χ1n) is 9.57. The van der Waals surface area contributed by atoms with E-state index in [0.717, 1.165) is 12.0 Å². The van der Waals surface area contributed by atoms with Gasteiger partial charge < -0.3 is 15.0 Å². The minimum Gasteiger partial charge on any atom is -0.481 e. The molecule has 2 amide bonds. The number of carbonyl (C=O) groups is 2. The average Bonchev–Trinajstić information content (AvgIpc) is 3.24. The van der Waals surface area contributed by atoms with Crippen LogP contribution in [0, 0.1) is 0 Å². The molecule has 6 heteroatoms. The molecule has 5 nitrogen and oxygen atoms in total. The molecule has 0 saturated heterocycles. The van der Waals surface area contributed by atoms with E-state index in [0.29, 0.717) is 29.4 Å². The summed E-state index contributed by atoms with van der Waals surface area (Å²) in [5.41, 5.74) is 2.77. The zero-order valence-corrected chi connectivity index (χ0v) is 16.9. The van der Waals surface area contributed by atoms with E-state index in [1.54, 1.807) is 19.1 Å². The molecule has 1 unspecified atom stereocenters. The molecule has 0 bridgehead atoms. The quantitative estimate of drug-likeness (QED) is 0.685. The predicted octanol–water partition coefficient (Wildman–Crippen LogP) is 4.35. The Kier molecular flexibility index (Phi) is 5.62. The van der Waals surface area contributed by atoms with E-state index in [2.05, 4.69) is 17.4 Å². The first-order valence-corrected chi connectivity index (χ1v) is 10.5. The van der Waals surface area contributed by atoms with Crippen LogP contribution < -0.4 is 10.1 Å². The number of hydrogen-bond acceptors (Lipinski definition) is 4. The van der Waals surface area contributed by atoms with Gasteiger partial charge in [0.15, 0.2) is 6.10 Å². The number of carbonyl (C=O) groups excluding carboxylic acids is 2. The largest absolute Gasteiger partial charge is 0.481 e. The summed E-state index contributed by atoms with van der Waals surface area (Å²) in [6, 6.07) is 19.3. The molecule has 2 heterocycles. The summed E-state index contributed by atoms with van der Waals surface area (Å²) in [6.07, 6.45) is 0.238.